The second kappa shape index (κ2) is 8.76. The smallest absolute Gasteiger partial charge is 0.261 e. The molecule has 0 aliphatic rings. The standard InChI is InChI=1S/C20H24ClNO4S/c1-5-19(26-16-8-11-18(21)13(2)12-16)20(23)22-14(3)15-6-9-17(10-7-15)27(4,24)25/h6-12,14,19H,5H2,1-4H3,(H,22,23)/t14-,19+/m0/s1. The van der Waals surface area contributed by atoms with Crippen molar-refractivity contribution in [3.05, 3.63) is 58.6 Å². The zero-order valence-electron chi connectivity index (χ0n) is 15.8. The molecule has 0 aromatic heterocycles. The van der Waals surface area contributed by atoms with Crippen LogP contribution < -0.4 is 10.1 Å². The van der Waals surface area contributed by atoms with Crippen LogP contribution in [0.1, 0.15) is 37.4 Å². The van der Waals surface area contributed by atoms with E-state index >= 15 is 0 Å². The Morgan fingerprint density at radius 2 is 1.81 bits per heavy atom. The Labute approximate surface area is 165 Å². The first-order valence-electron chi connectivity index (χ1n) is 8.65. The number of ether oxygens (including phenoxy) is 1. The van der Waals surface area contributed by atoms with Crippen molar-refractivity contribution in [2.75, 3.05) is 6.26 Å². The molecule has 146 valence electrons. The summed E-state index contributed by atoms with van der Waals surface area (Å²) in [5, 5.41) is 3.56. The number of halogens is 1. The van der Waals surface area contributed by atoms with Crippen LogP contribution >= 0.6 is 11.6 Å². The number of sulfone groups is 1. The number of amides is 1. The van der Waals surface area contributed by atoms with E-state index < -0.39 is 15.9 Å². The van der Waals surface area contributed by atoms with E-state index in [1.54, 1.807) is 30.3 Å². The molecule has 0 radical (unpaired) electrons. The van der Waals surface area contributed by atoms with Gasteiger partial charge in [0, 0.05) is 11.3 Å². The molecular formula is C20H24ClNO4S. The topological polar surface area (TPSA) is 72.5 Å². The number of hydrogen-bond acceptors (Lipinski definition) is 4. The van der Waals surface area contributed by atoms with E-state index in [1.807, 2.05) is 20.8 Å². The van der Waals surface area contributed by atoms with Crippen molar-refractivity contribution >= 4 is 27.3 Å². The number of carbonyl (C=O) groups excluding carboxylic acids is 1. The van der Waals surface area contributed by atoms with Crippen molar-refractivity contribution in [2.24, 2.45) is 0 Å². The van der Waals surface area contributed by atoms with Crippen molar-refractivity contribution < 1.29 is 17.9 Å². The first kappa shape index (κ1) is 21.3. The predicted molar refractivity (Wildman–Crippen MR) is 107 cm³/mol. The molecule has 0 heterocycles. The Morgan fingerprint density at radius 1 is 1.19 bits per heavy atom. The van der Waals surface area contributed by atoms with Crippen LogP contribution in [0, 0.1) is 6.92 Å². The fourth-order valence-electron chi connectivity index (χ4n) is 2.57. The zero-order valence-corrected chi connectivity index (χ0v) is 17.4. The van der Waals surface area contributed by atoms with Crippen LogP contribution in [0.25, 0.3) is 0 Å². The Bertz CT molecular complexity index is 910. The lowest BCUT2D eigenvalue weighted by Gasteiger charge is -2.21. The van der Waals surface area contributed by atoms with Gasteiger partial charge < -0.3 is 10.1 Å². The first-order chi connectivity index (χ1) is 12.6. The van der Waals surface area contributed by atoms with E-state index in [9.17, 15) is 13.2 Å². The lowest BCUT2D eigenvalue weighted by atomic mass is 10.1. The van der Waals surface area contributed by atoms with Gasteiger partial charge in [0.2, 0.25) is 0 Å². The summed E-state index contributed by atoms with van der Waals surface area (Å²) in [5.41, 5.74) is 1.69. The maximum absolute atomic E-state index is 12.6. The van der Waals surface area contributed by atoms with Gasteiger partial charge in [-0.2, -0.15) is 0 Å². The van der Waals surface area contributed by atoms with E-state index in [0.717, 1.165) is 17.4 Å². The Hall–Kier alpha value is -2.05. The van der Waals surface area contributed by atoms with Gasteiger partial charge in [0.05, 0.1) is 10.9 Å². The van der Waals surface area contributed by atoms with E-state index in [4.69, 9.17) is 16.3 Å². The third kappa shape index (κ3) is 5.71. The summed E-state index contributed by atoms with van der Waals surface area (Å²) >= 11 is 6.02. The molecule has 7 heteroatoms. The molecule has 1 N–H and O–H groups in total. The molecule has 2 atom stereocenters. The first-order valence-corrected chi connectivity index (χ1v) is 10.9. The van der Waals surface area contributed by atoms with Crippen molar-refractivity contribution in [3.8, 4) is 5.75 Å². The number of rotatable bonds is 7. The molecule has 5 nitrogen and oxygen atoms in total. The van der Waals surface area contributed by atoms with E-state index in [0.29, 0.717) is 17.2 Å². The molecule has 0 bridgehead atoms. The Morgan fingerprint density at radius 3 is 2.33 bits per heavy atom. The molecule has 0 unspecified atom stereocenters. The maximum Gasteiger partial charge on any atom is 0.261 e. The summed E-state index contributed by atoms with van der Waals surface area (Å²) in [6.07, 6.45) is 1.03. The summed E-state index contributed by atoms with van der Waals surface area (Å²) in [4.78, 5) is 12.8. The lowest BCUT2D eigenvalue weighted by Crippen LogP contribution is -2.39. The average molecular weight is 410 g/mol. The fraction of sp³-hybridized carbons (Fsp3) is 0.350. The molecule has 0 aliphatic heterocycles. The van der Waals surface area contributed by atoms with Crippen LogP contribution in [0.4, 0.5) is 0 Å². The van der Waals surface area contributed by atoms with Gasteiger partial charge in [0.1, 0.15) is 5.75 Å². The molecule has 0 saturated carbocycles. The molecule has 0 saturated heterocycles. The number of aryl methyl sites for hydroxylation is 1. The summed E-state index contributed by atoms with van der Waals surface area (Å²) in [6.45, 7) is 5.59. The molecule has 2 rings (SSSR count). The van der Waals surface area contributed by atoms with E-state index in [2.05, 4.69) is 5.32 Å². The van der Waals surface area contributed by atoms with Crippen LogP contribution in [0.2, 0.25) is 5.02 Å². The Kier molecular flexibility index (Phi) is 6.89. The highest BCUT2D eigenvalue weighted by molar-refractivity contribution is 7.90. The van der Waals surface area contributed by atoms with Gasteiger partial charge in [0.25, 0.3) is 5.91 Å². The quantitative estimate of drug-likeness (QED) is 0.747. The third-order valence-corrected chi connectivity index (χ3v) is 5.79. The minimum atomic E-state index is -3.24. The van der Waals surface area contributed by atoms with E-state index in [1.165, 1.54) is 12.1 Å². The summed E-state index contributed by atoms with van der Waals surface area (Å²) < 4.78 is 28.9. The monoisotopic (exact) mass is 409 g/mol. The minimum Gasteiger partial charge on any atom is -0.481 e. The average Bonchev–Trinajstić information content (AvgIpc) is 2.61. The number of carbonyl (C=O) groups is 1. The fourth-order valence-corrected chi connectivity index (χ4v) is 3.32. The molecule has 0 aliphatic carbocycles. The van der Waals surface area contributed by atoms with Crippen molar-refractivity contribution in [3.63, 3.8) is 0 Å². The molecular weight excluding hydrogens is 386 g/mol. The normalized spacial score (nSPS) is 13.7. The minimum absolute atomic E-state index is 0.232. The van der Waals surface area contributed by atoms with Gasteiger partial charge in [-0.1, -0.05) is 30.7 Å². The third-order valence-electron chi connectivity index (χ3n) is 4.24. The summed E-state index contributed by atoms with van der Waals surface area (Å²) in [7, 11) is -3.24. The van der Waals surface area contributed by atoms with Crippen LogP contribution in [-0.4, -0.2) is 26.7 Å². The highest BCUT2D eigenvalue weighted by Gasteiger charge is 2.21. The van der Waals surface area contributed by atoms with Crippen LogP contribution in [-0.2, 0) is 14.6 Å². The molecule has 2 aromatic carbocycles. The second-order valence-electron chi connectivity index (χ2n) is 6.50. The van der Waals surface area contributed by atoms with E-state index in [-0.39, 0.29) is 16.8 Å². The van der Waals surface area contributed by atoms with Gasteiger partial charge in [-0.3, -0.25) is 4.79 Å². The molecule has 0 fully saturated rings. The van der Waals surface area contributed by atoms with Gasteiger partial charge in [-0.15, -0.1) is 0 Å². The SMILES string of the molecule is CC[C@@H](Oc1ccc(Cl)c(C)c1)C(=O)N[C@@H](C)c1ccc(S(C)(=O)=O)cc1. The van der Waals surface area contributed by atoms with Crippen molar-refractivity contribution in [1.82, 2.24) is 5.32 Å². The van der Waals surface area contributed by atoms with Gasteiger partial charge >= 0.3 is 0 Å². The summed E-state index contributed by atoms with van der Waals surface area (Å²) in [5.74, 6) is 0.355. The lowest BCUT2D eigenvalue weighted by molar-refractivity contribution is -0.128. The Balaban J connectivity index is 2.05. The van der Waals surface area contributed by atoms with Crippen LogP contribution in [0.15, 0.2) is 47.4 Å². The number of benzene rings is 2. The van der Waals surface area contributed by atoms with Crippen LogP contribution in [0.3, 0.4) is 0 Å². The van der Waals surface area contributed by atoms with Gasteiger partial charge in [-0.05, 0) is 61.7 Å². The number of nitrogens with one attached hydrogen (secondary N) is 1. The molecule has 2 aromatic rings. The van der Waals surface area contributed by atoms with Gasteiger partial charge in [0.15, 0.2) is 15.9 Å². The summed E-state index contributed by atoms with van der Waals surface area (Å²) in [6, 6.07) is 11.5. The van der Waals surface area contributed by atoms with Gasteiger partial charge in [-0.25, -0.2) is 8.42 Å². The molecule has 27 heavy (non-hydrogen) atoms. The molecule has 1 amide bonds. The highest BCUT2D eigenvalue weighted by atomic mass is 35.5. The zero-order chi connectivity index (χ0) is 20.2. The van der Waals surface area contributed by atoms with Crippen molar-refractivity contribution in [1.29, 1.82) is 0 Å². The largest absolute Gasteiger partial charge is 0.481 e. The highest BCUT2D eigenvalue weighted by Crippen LogP contribution is 2.23. The van der Waals surface area contributed by atoms with Crippen LogP contribution in [0.5, 0.6) is 5.75 Å². The molecule has 0 spiro atoms. The van der Waals surface area contributed by atoms with Crippen molar-refractivity contribution in [2.45, 2.75) is 44.2 Å². The number of hydrogen-bond donors (Lipinski definition) is 1. The second-order valence-corrected chi connectivity index (χ2v) is 8.92. The predicted octanol–water partition coefficient (Wildman–Crippen LogP) is 4.09. The maximum atomic E-state index is 12.6.